The third kappa shape index (κ3) is 5.71. The number of nitrogens with zero attached hydrogens (tertiary/aromatic N) is 4. The number of ether oxygens (including phenoxy) is 2. The maximum atomic E-state index is 15.0. The number of halogens is 6. The molecule has 9 nitrogen and oxygen atoms in total. The minimum absolute atomic E-state index is 0.0122. The van der Waals surface area contributed by atoms with Crippen LogP contribution in [0.15, 0.2) is 46.5 Å². The summed E-state index contributed by atoms with van der Waals surface area (Å²) < 4.78 is 95.1. The van der Waals surface area contributed by atoms with Gasteiger partial charge in [-0.15, -0.1) is 0 Å². The predicted octanol–water partition coefficient (Wildman–Crippen LogP) is 4.04. The fraction of sp³-hybridized carbons (Fsp3) is 0.292. The molecule has 15 heteroatoms. The van der Waals surface area contributed by atoms with E-state index in [1.54, 1.807) is 5.10 Å². The van der Waals surface area contributed by atoms with Gasteiger partial charge in [0.05, 0.1) is 49.3 Å². The minimum atomic E-state index is -5.04. The lowest BCUT2D eigenvalue weighted by atomic mass is 10.1. The number of pyridine rings is 1. The van der Waals surface area contributed by atoms with Gasteiger partial charge in [-0.05, 0) is 24.4 Å². The van der Waals surface area contributed by atoms with E-state index in [1.807, 2.05) is 0 Å². The van der Waals surface area contributed by atoms with E-state index in [0.717, 1.165) is 4.57 Å². The Kier molecular flexibility index (Phi) is 7.60. The van der Waals surface area contributed by atoms with Crippen molar-refractivity contribution in [3.05, 3.63) is 74.8 Å². The normalized spacial score (nSPS) is 13.3. The molecule has 0 unspecified atom stereocenters. The molecular formula is C24H19F6N5O4. The molecule has 0 radical (unpaired) electrons. The first kappa shape index (κ1) is 27.6. The van der Waals surface area contributed by atoms with Crippen LogP contribution < -0.4 is 20.6 Å². The Morgan fingerprint density at radius 1 is 1.10 bits per heavy atom. The highest BCUT2D eigenvalue weighted by atomic mass is 19.4. The number of nitrogens with one attached hydrogen (secondary N) is 1. The first-order chi connectivity index (χ1) is 18.4. The van der Waals surface area contributed by atoms with Crippen LogP contribution >= 0.6 is 0 Å². The number of methoxy groups -OCH3 is 1. The van der Waals surface area contributed by atoms with Gasteiger partial charge in [0.1, 0.15) is 6.17 Å². The van der Waals surface area contributed by atoms with Crippen LogP contribution in [0.25, 0.3) is 22.2 Å². The Hall–Kier alpha value is -4.43. The lowest BCUT2D eigenvalue weighted by Gasteiger charge is -2.19. The van der Waals surface area contributed by atoms with Crippen molar-refractivity contribution in [1.82, 2.24) is 24.7 Å². The van der Waals surface area contributed by atoms with Gasteiger partial charge >= 0.3 is 6.18 Å². The number of aromatic nitrogens is 5. The second-order valence-corrected chi connectivity index (χ2v) is 8.43. The predicted molar refractivity (Wildman–Crippen MR) is 125 cm³/mol. The molecule has 0 aliphatic heterocycles. The summed E-state index contributed by atoms with van der Waals surface area (Å²) in [5.74, 6) is -3.61. The number of alkyl halides is 4. The molecule has 1 N–H and O–H groups in total. The first-order valence-electron chi connectivity index (χ1n) is 11.2. The van der Waals surface area contributed by atoms with Gasteiger partial charge in [0.25, 0.3) is 11.1 Å². The number of aromatic amines is 1. The molecule has 39 heavy (non-hydrogen) atoms. The molecule has 0 aliphatic carbocycles. The monoisotopic (exact) mass is 555 g/mol. The van der Waals surface area contributed by atoms with Gasteiger partial charge in [-0.3, -0.25) is 9.59 Å². The summed E-state index contributed by atoms with van der Waals surface area (Å²) in [4.78, 5) is 32.3. The van der Waals surface area contributed by atoms with E-state index < -0.39 is 70.9 Å². The van der Waals surface area contributed by atoms with Gasteiger partial charge in [0, 0.05) is 12.6 Å². The largest absolute Gasteiger partial charge is 0.494 e. The maximum Gasteiger partial charge on any atom is 0.425 e. The molecule has 2 atom stereocenters. The Morgan fingerprint density at radius 3 is 2.44 bits per heavy atom. The van der Waals surface area contributed by atoms with Crippen LogP contribution in [0.5, 0.6) is 11.5 Å². The van der Waals surface area contributed by atoms with E-state index in [-0.39, 0.29) is 16.8 Å². The highest BCUT2D eigenvalue weighted by molar-refractivity contribution is 5.86. The zero-order chi connectivity index (χ0) is 28.5. The molecule has 0 saturated carbocycles. The van der Waals surface area contributed by atoms with E-state index >= 15 is 0 Å². The van der Waals surface area contributed by atoms with Crippen LogP contribution in [-0.4, -0.2) is 44.1 Å². The Balaban J connectivity index is 1.55. The summed E-state index contributed by atoms with van der Waals surface area (Å²) in [6.07, 6.45) is -4.25. The van der Waals surface area contributed by atoms with E-state index in [0.29, 0.717) is 11.9 Å². The number of hydrogen-bond acceptors (Lipinski definition) is 7. The summed E-state index contributed by atoms with van der Waals surface area (Å²) in [5.41, 5.74) is -4.48. The fourth-order valence-electron chi connectivity index (χ4n) is 3.90. The molecule has 0 bridgehead atoms. The standard InChI is InChI=1S/C24H19F6N5O4/c1-11(39-16-9-33-34-22(36)18(16)24(28,29)30)5-13(25)10-35-4-3-12-6-15(19(26)20(27)17(12)23(35)37)21-31-7-14(38-2)8-32-21/h3-4,6-9,11,13H,5,10H2,1-2H3,(H,34,36)/t11-,13+/m0/s1. The zero-order valence-corrected chi connectivity index (χ0v) is 20.2. The van der Waals surface area contributed by atoms with Crippen molar-refractivity contribution in [1.29, 1.82) is 0 Å². The molecule has 206 valence electrons. The molecule has 4 rings (SSSR count). The van der Waals surface area contributed by atoms with Crippen LogP contribution in [0.2, 0.25) is 0 Å². The van der Waals surface area contributed by atoms with Gasteiger partial charge in [0.2, 0.25) is 0 Å². The number of benzene rings is 1. The molecule has 0 fully saturated rings. The maximum absolute atomic E-state index is 15.0. The van der Waals surface area contributed by atoms with Crippen LogP contribution in [0.3, 0.4) is 0 Å². The lowest BCUT2D eigenvalue weighted by Crippen LogP contribution is -2.29. The molecule has 3 heterocycles. The fourth-order valence-corrected chi connectivity index (χ4v) is 3.90. The van der Waals surface area contributed by atoms with Gasteiger partial charge in [-0.2, -0.15) is 18.3 Å². The third-order valence-electron chi connectivity index (χ3n) is 5.67. The molecule has 1 aromatic carbocycles. The highest BCUT2D eigenvalue weighted by Crippen LogP contribution is 2.33. The van der Waals surface area contributed by atoms with Gasteiger partial charge in [-0.1, -0.05) is 0 Å². The molecule has 3 aromatic heterocycles. The zero-order valence-electron chi connectivity index (χ0n) is 20.2. The molecular weight excluding hydrogens is 536 g/mol. The summed E-state index contributed by atoms with van der Waals surface area (Å²) in [6.45, 7) is 0.627. The second-order valence-electron chi connectivity index (χ2n) is 8.43. The van der Waals surface area contributed by atoms with Crippen molar-refractivity contribution in [2.75, 3.05) is 7.11 Å². The third-order valence-corrected chi connectivity index (χ3v) is 5.67. The molecule has 0 saturated heterocycles. The van der Waals surface area contributed by atoms with E-state index in [9.17, 15) is 35.9 Å². The Bertz CT molecular complexity index is 1620. The summed E-state index contributed by atoms with van der Waals surface area (Å²) in [6, 6.07) is 2.45. The van der Waals surface area contributed by atoms with Crippen molar-refractivity contribution in [3.8, 4) is 22.9 Å². The van der Waals surface area contributed by atoms with Crippen molar-refractivity contribution in [2.24, 2.45) is 0 Å². The van der Waals surface area contributed by atoms with Crippen LogP contribution in [0, 0.1) is 11.6 Å². The lowest BCUT2D eigenvalue weighted by molar-refractivity contribution is -0.140. The van der Waals surface area contributed by atoms with E-state index in [4.69, 9.17) is 9.47 Å². The minimum Gasteiger partial charge on any atom is -0.494 e. The van der Waals surface area contributed by atoms with Crippen molar-refractivity contribution in [2.45, 2.75) is 38.3 Å². The topological polar surface area (TPSA) is 112 Å². The molecule has 4 aromatic rings. The van der Waals surface area contributed by atoms with Gasteiger partial charge < -0.3 is 14.0 Å². The number of H-pyrrole nitrogens is 1. The Labute approximate surface area is 215 Å². The Morgan fingerprint density at radius 2 is 1.79 bits per heavy atom. The van der Waals surface area contributed by atoms with Crippen LogP contribution in [0.1, 0.15) is 18.9 Å². The average molecular weight is 555 g/mol. The van der Waals surface area contributed by atoms with Gasteiger partial charge in [0.15, 0.2) is 34.5 Å². The molecule has 0 spiro atoms. The SMILES string of the molecule is COc1cnc(-c2cc3ccn(C[C@H](F)C[C@H](C)Oc4cn[nH]c(=O)c4C(F)(F)F)c(=O)c3c(F)c2F)nc1. The van der Waals surface area contributed by atoms with Crippen LogP contribution in [0.4, 0.5) is 26.3 Å². The van der Waals surface area contributed by atoms with Crippen LogP contribution in [-0.2, 0) is 12.7 Å². The summed E-state index contributed by atoms with van der Waals surface area (Å²) >= 11 is 0. The molecule has 0 amide bonds. The smallest absolute Gasteiger partial charge is 0.425 e. The van der Waals surface area contributed by atoms with Crippen molar-refractivity contribution >= 4 is 10.8 Å². The summed E-state index contributed by atoms with van der Waals surface area (Å²) in [7, 11) is 1.38. The second kappa shape index (κ2) is 10.7. The molecule has 0 aliphatic rings. The van der Waals surface area contributed by atoms with E-state index in [1.165, 1.54) is 44.8 Å². The average Bonchev–Trinajstić information content (AvgIpc) is 2.87. The first-order valence-corrected chi connectivity index (χ1v) is 11.2. The number of rotatable bonds is 8. The number of hydrogen-bond donors (Lipinski definition) is 1. The van der Waals surface area contributed by atoms with Crippen molar-refractivity contribution in [3.63, 3.8) is 0 Å². The van der Waals surface area contributed by atoms with Gasteiger partial charge in [-0.25, -0.2) is 28.2 Å². The quantitative estimate of drug-likeness (QED) is 0.327. The highest BCUT2D eigenvalue weighted by Gasteiger charge is 2.38. The number of fused-ring (bicyclic) bond motifs is 1. The van der Waals surface area contributed by atoms with Crippen molar-refractivity contribution < 1.29 is 35.8 Å². The summed E-state index contributed by atoms with van der Waals surface area (Å²) in [5, 5.41) is 4.30. The van der Waals surface area contributed by atoms with E-state index in [2.05, 4.69) is 15.1 Å².